The highest BCUT2D eigenvalue weighted by Gasteiger charge is 2.16. The van der Waals surface area contributed by atoms with Gasteiger partial charge in [-0.15, -0.1) is 5.10 Å². The van der Waals surface area contributed by atoms with Crippen molar-refractivity contribution >= 4 is 11.6 Å². The number of anilines is 1. The van der Waals surface area contributed by atoms with E-state index in [0.717, 1.165) is 11.3 Å². The molecule has 1 heterocycles. The van der Waals surface area contributed by atoms with Gasteiger partial charge in [-0.1, -0.05) is 18.2 Å². The van der Waals surface area contributed by atoms with Gasteiger partial charge >= 0.3 is 6.01 Å². The standard InChI is InChI=1S/C30H24F2N4O3/c1-38-27-15-5-20(6-16-27)17-18-39-30-34-28(21-7-11-23(31)12-8-21)36(35-30)26-4-2-3-25(19-26)33-29(37)22-9-13-24(32)14-10-22/h2-16,19H,17-18H2,1H3,(H,33,37). The fourth-order valence-electron chi connectivity index (χ4n) is 3.89. The Labute approximate surface area is 223 Å². The lowest BCUT2D eigenvalue weighted by molar-refractivity contribution is 0.102. The van der Waals surface area contributed by atoms with Crippen LogP contribution in [0.25, 0.3) is 17.1 Å². The van der Waals surface area contributed by atoms with Crippen LogP contribution in [0.15, 0.2) is 97.1 Å². The topological polar surface area (TPSA) is 78.3 Å². The van der Waals surface area contributed by atoms with Crippen LogP contribution >= 0.6 is 0 Å². The average Bonchev–Trinajstić information content (AvgIpc) is 3.38. The van der Waals surface area contributed by atoms with Crippen molar-refractivity contribution in [3.63, 3.8) is 0 Å². The van der Waals surface area contributed by atoms with Gasteiger partial charge in [0.15, 0.2) is 5.82 Å². The first-order valence-electron chi connectivity index (χ1n) is 12.1. The minimum absolute atomic E-state index is 0.156. The molecule has 0 radical (unpaired) electrons. The second-order valence-electron chi connectivity index (χ2n) is 8.59. The van der Waals surface area contributed by atoms with Gasteiger partial charge in [-0.05, 0) is 84.4 Å². The first-order chi connectivity index (χ1) is 19.0. The number of carbonyl (C=O) groups is 1. The molecule has 1 N–H and O–H groups in total. The molecule has 4 aromatic carbocycles. The molecular formula is C30H24F2N4O3. The number of ether oxygens (including phenoxy) is 2. The number of hydrogen-bond donors (Lipinski definition) is 1. The van der Waals surface area contributed by atoms with Crippen LogP contribution in [0.3, 0.4) is 0 Å². The third kappa shape index (κ3) is 6.27. The zero-order valence-corrected chi connectivity index (χ0v) is 21.0. The highest BCUT2D eigenvalue weighted by atomic mass is 19.1. The number of nitrogens with one attached hydrogen (secondary N) is 1. The molecule has 196 valence electrons. The van der Waals surface area contributed by atoms with Crippen LogP contribution in [0.4, 0.5) is 14.5 Å². The Bertz CT molecular complexity index is 1570. The Morgan fingerprint density at radius 1 is 0.897 bits per heavy atom. The summed E-state index contributed by atoms with van der Waals surface area (Å²) >= 11 is 0. The molecule has 1 aromatic heterocycles. The molecule has 0 fully saturated rings. The van der Waals surface area contributed by atoms with Crippen LogP contribution in [0.1, 0.15) is 15.9 Å². The largest absolute Gasteiger partial charge is 0.497 e. The number of carbonyl (C=O) groups excluding carboxylic acids is 1. The van der Waals surface area contributed by atoms with E-state index in [1.54, 1.807) is 48.2 Å². The lowest BCUT2D eigenvalue weighted by Crippen LogP contribution is -2.12. The molecule has 1 amide bonds. The summed E-state index contributed by atoms with van der Waals surface area (Å²) in [5.41, 5.74) is 3.13. The number of amides is 1. The monoisotopic (exact) mass is 526 g/mol. The summed E-state index contributed by atoms with van der Waals surface area (Å²) in [6.07, 6.45) is 0.634. The van der Waals surface area contributed by atoms with Crippen LogP contribution in [-0.2, 0) is 6.42 Å². The SMILES string of the molecule is COc1ccc(CCOc2nc(-c3ccc(F)cc3)n(-c3cccc(NC(=O)c4ccc(F)cc4)c3)n2)cc1. The maximum absolute atomic E-state index is 13.6. The first kappa shape index (κ1) is 25.6. The zero-order chi connectivity index (χ0) is 27.2. The number of aromatic nitrogens is 3. The predicted molar refractivity (Wildman–Crippen MR) is 143 cm³/mol. The Balaban J connectivity index is 1.38. The second kappa shape index (κ2) is 11.6. The van der Waals surface area contributed by atoms with Gasteiger partial charge < -0.3 is 14.8 Å². The van der Waals surface area contributed by atoms with Crippen molar-refractivity contribution in [2.45, 2.75) is 6.42 Å². The van der Waals surface area contributed by atoms with Gasteiger partial charge in [-0.2, -0.15) is 4.98 Å². The Morgan fingerprint density at radius 2 is 1.59 bits per heavy atom. The van der Waals surface area contributed by atoms with Crippen molar-refractivity contribution in [1.29, 1.82) is 0 Å². The van der Waals surface area contributed by atoms with Crippen LogP contribution in [-0.4, -0.2) is 34.4 Å². The molecule has 5 aromatic rings. The minimum atomic E-state index is -0.421. The van der Waals surface area contributed by atoms with Gasteiger partial charge in [0, 0.05) is 23.2 Å². The molecule has 0 aliphatic rings. The smallest absolute Gasteiger partial charge is 0.336 e. The van der Waals surface area contributed by atoms with E-state index >= 15 is 0 Å². The predicted octanol–water partition coefficient (Wildman–Crippen LogP) is 6.09. The van der Waals surface area contributed by atoms with Gasteiger partial charge in [-0.25, -0.2) is 13.5 Å². The summed E-state index contributed by atoms with van der Waals surface area (Å²) < 4.78 is 39.5. The van der Waals surface area contributed by atoms with E-state index in [4.69, 9.17) is 9.47 Å². The maximum atomic E-state index is 13.6. The van der Waals surface area contributed by atoms with Crippen molar-refractivity contribution < 1.29 is 23.0 Å². The normalized spacial score (nSPS) is 10.7. The molecule has 5 rings (SSSR count). The van der Waals surface area contributed by atoms with Gasteiger partial charge in [0.1, 0.15) is 17.4 Å². The number of methoxy groups -OCH3 is 1. The quantitative estimate of drug-likeness (QED) is 0.251. The molecule has 0 spiro atoms. The summed E-state index contributed by atoms with van der Waals surface area (Å²) in [4.78, 5) is 17.2. The zero-order valence-electron chi connectivity index (χ0n) is 21.0. The molecule has 0 unspecified atom stereocenters. The number of rotatable bonds is 9. The van der Waals surface area contributed by atoms with Gasteiger partial charge in [0.2, 0.25) is 0 Å². The Hall–Kier alpha value is -5.05. The maximum Gasteiger partial charge on any atom is 0.336 e. The highest BCUT2D eigenvalue weighted by Crippen LogP contribution is 2.26. The number of benzene rings is 4. The average molecular weight is 527 g/mol. The van der Waals surface area contributed by atoms with Crippen molar-refractivity contribution in [1.82, 2.24) is 14.8 Å². The number of nitrogens with zero attached hydrogens (tertiary/aromatic N) is 3. The summed E-state index contributed by atoms with van der Waals surface area (Å²) in [6, 6.07) is 26.1. The van der Waals surface area contributed by atoms with Gasteiger partial charge in [0.25, 0.3) is 5.91 Å². The number of halogens is 2. The lowest BCUT2D eigenvalue weighted by atomic mass is 10.1. The molecule has 0 saturated carbocycles. The first-order valence-corrected chi connectivity index (χ1v) is 12.1. The van der Waals surface area contributed by atoms with E-state index < -0.39 is 5.82 Å². The fraction of sp³-hybridized carbons (Fsp3) is 0.100. The fourth-order valence-corrected chi connectivity index (χ4v) is 3.89. The summed E-state index contributed by atoms with van der Waals surface area (Å²) in [5.74, 6) is 0.0463. The van der Waals surface area contributed by atoms with Gasteiger partial charge in [-0.3, -0.25) is 4.79 Å². The van der Waals surface area contributed by atoms with Crippen LogP contribution < -0.4 is 14.8 Å². The van der Waals surface area contributed by atoms with E-state index in [0.29, 0.717) is 41.4 Å². The van der Waals surface area contributed by atoms with E-state index in [1.165, 1.54) is 36.4 Å². The Kier molecular flexibility index (Phi) is 7.58. The molecule has 9 heteroatoms. The summed E-state index contributed by atoms with van der Waals surface area (Å²) in [5, 5.41) is 7.35. The van der Waals surface area contributed by atoms with Crippen LogP contribution in [0, 0.1) is 11.6 Å². The number of hydrogen-bond acceptors (Lipinski definition) is 5. The lowest BCUT2D eigenvalue weighted by Gasteiger charge is -2.09. The molecular weight excluding hydrogens is 502 g/mol. The summed E-state index contributed by atoms with van der Waals surface area (Å²) in [7, 11) is 1.62. The van der Waals surface area contributed by atoms with E-state index in [1.807, 2.05) is 24.3 Å². The molecule has 0 atom stereocenters. The highest BCUT2D eigenvalue weighted by molar-refractivity contribution is 6.04. The van der Waals surface area contributed by atoms with Crippen molar-refractivity contribution in [3.8, 4) is 28.8 Å². The van der Waals surface area contributed by atoms with E-state index in [2.05, 4.69) is 15.4 Å². The summed E-state index contributed by atoms with van der Waals surface area (Å²) in [6.45, 7) is 0.340. The van der Waals surface area contributed by atoms with E-state index in [9.17, 15) is 13.6 Å². The Morgan fingerprint density at radius 3 is 2.28 bits per heavy atom. The molecule has 7 nitrogen and oxygen atoms in total. The second-order valence-corrected chi connectivity index (χ2v) is 8.59. The van der Waals surface area contributed by atoms with Crippen LogP contribution in [0.2, 0.25) is 0 Å². The van der Waals surface area contributed by atoms with Crippen molar-refractivity contribution in [3.05, 3.63) is 120 Å². The van der Waals surface area contributed by atoms with Gasteiger partial charge in [0.05, 0.1) is 19.4 Å². The molecule has 0 bridgehead atoms. The molecule has 39 heavy (non-hydrogen) atoms. The minimum Gasteiger partial charge on any atom is -0.497 e. The third-order valence-corrected chi connectivity index (χ3v) is 5.93. The third-order valence-electron chi connectivity index (χ3n) is 5.93. The van der Waals surface area contributed by atoms with Crippen LogP contribution in [0.5, 0.6) is 11.8 Å². The van der Waals surface area contributed by atoms with Crippen molar-refractivity contribution in [2.75, 3.05) is 19.0 Å². The molecule has 0 aliphatic heterocycles. The molecule has 0 aliphatic carbocycles. The van der Waals surface area contributed by atoms with E-state index in [-0.39, 0.29) is 17.7 Å². The molecule has 0 saturated heterocycles. The van der Waals surface area contributed by atoms with Crippen molar-refractivity contribution in [2.24, 2.45) is 0 Å².